The quantitative estimate of drug-likeness (QED) is 0.460. The molecule has 0 bridgehead atoms. The van der Waals surface area contributed by atoms with Crippen LogP contribution in [-0.4, -0.2) is 31.2 Å². The lowest BCUT2D eigenvalue weighted by Crippen LogP contribution is -2.26. The van der Waals surface area contributed by atoms with E-state index >= 15 is 0 Å². The van der Waals surface area contributed by atoms with Crippen molar-refractivity contribution in [3.8, 4) is 11.5 Å². The molecule has 2 aromatic heterocycles. The number of hydrogen-bond acceptors (Lipinski definition) is 8. The molecule has 0 N–H and O–H groups in total. The number of carbonyl (C=O) groups excluding carboxylic acids is 1. The Morgan fingerprint density at radius 3 is 2.69 bits per heavy atom. The van der Waals surface area contributed by atoms with E-state index < -0.39 is 5.97 Å². The molecule has 0 spiro atoms. The molecule has 0 saturated carbocycles. The summed E-state index contributed by atoms with van der Waals surface area (Å²) in [6, 6.07) is 14.5. The van der Waals surface area contributed by atoms with E-state index in [-0.39, 0.29) is 25.1 Å². The van der Waals surface area contributed by atoms with Crippen molar-refractivity contribution in [1.29, 1.82) is 0 Å². The van der Waals surface area contributed by atoms with Gasteiger partial charge in [-0.1, -0.05) is 35.0 Å². The maximum atomic E-state index is 12.3. The van der Waals surface area contributed by atoms with Crippen LogP contribution in [-0.2, 0) is 22.7 Å². The molecule has 0 amide bonds. The summed E-state index contributed by atoms with van der Waals surface area (Å²) < 4.78 is 11.7. The molecular weight excluding hydrogens is 374 g/mol. The Labute approximate surface area is 164 Å². The van der Waals surface area contributed by atoms with Crippen LogP contribution >= 0.6 is 0 Å². The van der Waals surface area contributed by atoms with Crippen LogP contribution in [0.2, 0.25) is 0 Å². The van der Waals surface area contributed by atoms with E-state index in [0.717, 1.165) is 15.8 Å². The fourth-order valence-electron chi connectivity index (χ4n) is 2.69. The van der Waals surface area contributed by atoms with Crippen LogP contribution < -0.4 is 5.56 Å². The Balaban J connectivity index is 1.33. The third-order valence-electron chi connectivity index (χ3n) is 4.29. The first-order chi connectivity index (χ1) is 14.1. The predicted octanol–water partition coefficient (Wildman–Crippen LogP) is 2.28. The highest BCUT2D eigenvalue weighted by molar-refractivity contribution is 5.76. The number of fused-ring (bicyclic) bond motifs is 1. The molecule has 4 rings (SSSR count). The van der Waals surface area contributed by atoms with Gasteiger partial charge in [-0.05, 0) is 31.2 Å². The summed E-state index contributed by atoms with van der Waals surface area (Å²) in [5.41, 5.74) is 2.06. The summed E-state index contributed by atoms with van der Waals surface area (Å²) in [6.45, 7) is 1.68. The van der Waals surface area contributed by atoms with Gasteiger partial charge in [0.2, 0.25) is 11.8 Å². The molecule has 0 fully saturated rings. The number of hydrogen-bond donors (Lipinski definition) is 0. The van der Waals surface area contributed by atoms with Gasteiger partial charge in [-0.25, -0.2) is 0 Å². The summed E-state index contributed by atoms with van der Waals surface area (Å²) in [7, 11) is 0. The Hall–Kier alpha value is -3.88. The minimum absolute atomic E-state index is 0.0330. The average Bonchev–Trinajstić information content (AvgIpc) is 3.21. The molecule has 0 radical (unpaired) electrons. The van der Waals surface area contributed by atoms with Gasteiger partial charge in [-0.2, -0.15) is 4.68 Å². The van der Waals surface area contributed by atoms with Crippen molar-refractivity contribution in [2.75, 3.05) is 0 Å². The Kier molecular flexibility index (Phi) is 5.10. The number of benzene rings is 2. The number of aromatic nitrogens is 5. The van der Waals surface area contributed by atoms with Crippen molar-refractivity contribution in [1.82, 2.24) is 25.2 Å². The fraction of sp³-hybridized carbons (Fsp3) is 0.200. The third-order valence-corrected chi connectivity index (χ3v) is 4.29. The topological polar surface area (TPSA) is 113 Å². The van der Waals surface area contributed by atoms with Crippen LogP contribution in [0.5, 0.6) is 0 Å². The van der Waals surface area contributed by atoms with Crippen molar-refractivity contribution >= 4 is 16.9 Å². The Morgan fingerprint density at radius 2 is 1.86 bits per heavy atom. The zero-order chi connectivity index (χ0) is 20.2. The lowest BCUT2D eigenvalue weighted by Gasteiger charge is -2.06. The minimum atomic E-state index is -0.512. The molecule has 2 heterocycles. The summed E-state index contributed by atoms with van der Waals surface area (Å²) in [5.74, 6) is 0.216. The van der Waals surface area contributed by atoms with E-state index in [0.29, 0.717) is 22.7 Å². The first kappa shape index (κ1) is 18.5. The van der Waals surface area contributed by atoms with Gasteiger partial charge in [0.15, 0.2) is 6.73 Å². The Morgan fingerprint density at radius 1 is 1.07 bits per heavy atom. The second kappa shape index (κ2) is 8.01. The number of nitrogens with zero attached hydrogens (tertiary/aromatic N) is 5. The summed E-state index contributed by atoms with van der Waals surface area (Å²) >= 11 is 0. The minimum Gasteiger partial charge on any atom is -0.442 e. The average molecular weight is 391 g/mol. The van der Waals surface area contributed by atoms with E-state index in [1.165, 1.54) is 0 Å². The zero-order valence-corrected chi connectivity index (χ0v) is 15.6. The number of rotatable bonds is 6. The molecule has 0 saturated heterocycles. The Bertz CT molecular complexity index is 1210. The van der Waals surface area contributed by atoms with Crippen molar-refractivity contribution in [2.45, 2.75) is 26.5 Å². The SMILES string of the molecule is Cc1ccc(-c2nnc(CCC(=O)OCn3nnc4ccccc4c3=O)o2)cc1. The normalized spacial score (nSPS) is 10.9. The van der Waals surface area contributed by atoms with Crippen LogP contribution in [0.25, 0.3) is 22.4 Å². The van der Waals surface area contributed by atoms with Gasteiger partial charge < -0.3 is 9.15 Å². The van der Waals surface area contributed by atoms with Crippen molar-refractivity contribution in [2.24, 2.45) is 0 Å². The maximum absolute atomic E-state index is 12.3. The maximum Gasteiger partial charge on any atom is 0.308 e. The zero-order valence-electron chi connectivity index (χ0n) is 15.6. The molecule has 0 unspecified atom stereocenters. The van der Waals surface area contributed by atoms with E-state index in [4.69, 9.17) is 9.15 Å². The highest BCUT2D eigenvalue weighted by Gasteiger charge is 2.12. The molecule has 2 aromatic carbocycles. The number of esters is 1. The van der Waals surface area contributed by atoms with Gasteiger partial charge in [0, 0.05) is 12.0 Å². The van der Waals surface area contributed by atoms with Gasteiger partial charge in [0.1, 0.15) is 5.52 Å². The van der Waals surface area contributed by atoms with Gasteiger partial charge >= 0.3 is 5.97 Å². The molecule has 4 aromatic rings. The van der Waals surface area contributed by atoms with E-state index in [9.17, 15) is 9.59 Å². The predicted molar refractivity (Wildman–Crippen MR) is 103 cm³/mol. The summed E-state index contributed by atoms with van der Waals surface area (Å²) in [6.07, 6.45) is 0.265. The van der Waals surface area contributed by atoms with Crippen molar-refractivity contribution in [3.05, 3.63) is 70.3 Å². The number of aryl methyl sites for hydroxylation is 2. The lowest BCUT2D eigenvalue weighted by molar-refractivity contribution is -0.148. The first-order valence-electron chi connectivity index (χ1n) is 8.98. The summed E-state index contributed by atoms with van der Waals surface area (Å²) in [4.78, 5) is 24.3. The van der Waals surface area contributed by atoms with Gasteiger partial charge in [-0.3, -0.25) is 9.59 Å². The second-order valence-corrected chi connectivity index (χ2v) is 6.42. The van der Waals surface area contributed by atoms with Gasteiger partial charge in [0.05, 0.1) is 11.8 Å². The molecule has 0 aliphatic rings. The first-order valence-corrected chi connectivity index (χ1v) is 8.98. The highest BCUT2D eigenvalue weighted by Crippen LogP contribution is 2.18. The van der Waals surface area contributed by atoms with E-state index in [1.807, 2.05) is 31.2 Å². The molecule has 0 aliphatic heterocycles. The molecule has 0 aliphatic carbocycles. The van der Waals surface area contributed by atoms with E-state index in [2.05, 4.69) is 20.5 Å². The van der Waals surface area contributed by atoms with Gasteiger partial charge in [0.25, 0.3) is 5.56 Å². The molecular formula is C20H17N5O4. The van der Waals surface area contributed by atoms with Crippen molar-refractivity contribution < 1.29 is 13.9 Å². The smallest absolute Gasteiger partial charge is 0.308 e. The fourth-order valence-corrected chi connectivity index (χ4v) is 2.69. The van der Waals surface area contributed by atoms with Crippen LogP contribution in [0.4, 0.5) is 0 Å². The monoisotopic (exact) mass is 391 g/mol. The second-order valence-electron chi connectivity index (χ2n) is 6.42. The molecule has 0 atom stereocenters. The molecule has 146 valence electrons. The molecule has 9 nitrogen and oxygen atoms in total. The van der Waals surface area contributed by atoms with Crippen LogP contribution in [0.3, 0.4) is 0 Å². The number of carbonyl (C=O) groups is 1. The number of ether oxygens (including phenoxy) is 1. The highest BCUT2D eigenvalue weighted by atomic mass is 16.5. The standard InChI is InChI=1S/C20H17N5O4/c1-13-6-8-14(9-7-13)19-23-22-17(29-19)10-11-18(26)28-12-25-20(27)15-4-2-3-5-16(15)21-24-25/h2-9H,10-12H2,1H3. The van der Waals surface area contributed by atoms with Crippen molar-refractivity contribution in [3.63, 3.8) is 0 Å². The summed E-state index contributed by atoms with van der Waals surface area (Å²) in [5, 5.41) is 16.1. The molecule has 29 heavy (non-hydrogen) atoms. The van der Waals surface area contributed by atoms with E-state index in [1.54, 1.807) is 24.3 Å². The van der Waals surface area contributed by atoms with Gasteiger partial charge in [-0.15, -0.1) is 15.3 Å². The molecule has 9 heteroatoms. The lowest BCUT2D eigenvalue weighted by atomic mass is 10.1. The third kappa shape index (κ3) is 4.18. The van der Waals surface area contributed by atoms with Crippen LogP contribution in [0.1, 0.15) is 17.9 Å². The van der Waals surface area contributed by atoms with Crippen LogP contribution in [0.15, 0.2) is 57.7 Å². The largest absolute Gasteiger partial charge is 0.442 e. The van der Waals surface area contributed by atoms with Crippen LogP contribution in [0, 0.1) is 6.92 Å².